The summed E-state index contributed by atoms with van der Waals surface area (Å²) in [5.74, 6) is -1.21. The van der Waals surface area contributed by atoms with Gasteiger partial charge in [-0.1, -0.05) is 6.07 Å². The van der Waals surface area contributed by atoms with Crippen molar-refractivity contribution in [2.75, 3.05) is 11.9 Å². The third kappa shape index (κ3) is 5.66. The SMILES string of the molecule is Cc1nc(NC(=O)C2CC(F)CN2C(=O)Cn2nc(C(N)=O)c3cc(-c4ccnnc4)ccc32)cc(-c2cnc(C)s2)n1. The number of alkyl halides is 1. The maximum absolute atomic E-state index is 14.6. The van der Waals surface area contributed by atoms with Gasteiger partial charge in [-0.2, -0.15) is 15.3 Å². The fourth-order valence-corrected chi connectivity index (χ4v) is 5.84. The van der Waals surface area contributed by atoms with E-state index in [9.17, 15) is 18.8 Å². The standard InChI is InChI=1S/C28H25FN10O3S/c1-14-34-20(23-11-31-15(2)43-23)9-24(35-14)36-28(42)22-8-18(29)12-38(22)25(40)13-39-21-4-3-16(17-5-6-32-33-10-17)7-19(21)26(37-39)27(30)41/h3-7,9-11,18,22H,8,12-13H2,1-2H3,(H2,30,41)(H,34,35,36,42). The summed E-state index contributed by atoms with van der Waals surface area (Å²) >= 11 is 1.45. The molecule has 1 aromatic carbocycles. The predicted molar refractivity (Wildman–Crippen MR) is 156 cm³/mol. The first-order valence-electron chi connectivity index (χ1n) is 13.3. The molecule has 0 aliphatic carbocycles. The first-order valence-corrected chi connectivity index (χ1v) is 14.1. The largest absolute Gasteiger partial charge is 0.364 e. The number of thiazole rings is 1. The number of nitrogens with two attached hydrogens (primary N) is 1. The average Bonchev–Trinajstić information content (AvgIpc) is 3.70. The highest BCUT2D eigenvalue weighted by molar-refractivity contribution is 7.15. The number of aryl methyl sites for hydroxylation is 2. The van der Waals surface area contributed by atoms with Gasteiger partial charge in [-0.3, -0.25) is 19.1 Å². The quantitative estimate of drug-likeness (QED) is 0.285. The van der Waals surface area contributed by atoms with Gasteiger partial charge in [0.1, 0.15) is 30.4 Å². The second-order valence-electron chi connectivity index (χ2n) is 10.0. The summed E-state index contributed by atoms with van der Waals surface area (Å²) in [7, 11) is 0. The van der Waals surface area contributed by atoms with Crippen molar-refractivity contribution in [3.8, 4) is 21.7 Å². The topological polar surface area (TPSA) is 175 Å². The highest BCUT2D eigenvalue weighted by Gasteiger charge is 2.40. The van der Waals surface area contributed by atoms with Crippen molar-refractivity contribution in [2.24, 2.45) is 5.73 Å². The van der Waals surface area contributed by atoms with E-state index >= 15 is 0 Å². The predicted octanol–water partition coefficient (Wildman–Crippen LogP) is 2.70. The zero-order chi connectivity index (χ0) is 30.2. The molecule has 15 heteroatoms. The number of primary amides is 1. The fourth-order valence-electron chi connectivity index (χ4n) is 5.10. The number of likely N-dealkylation sites (tertiary alicyclic amines) is 1. The molecular formula is C28H25FN10O3S. The zero-order valence-corrected chi connectivity index (χ0v) is 23.9. The average molecular weight is 601 g/mol. The minimum absolute atomic E-state index is 0.0168. The summed E-state index contributed by atoms with van der Waals surface area (Å²) < 4.78 is 16.0. The van der Waals surface area contributed by atoms with E-state index in [1.807, 2.05) is 6.92 Å². The summed E-state index contributed by atoms with van der Waals surface area (Å²) in [6, 6.07) is 7.54. The van der Waals surface area contributed by atoms with Crippen LogP contribution < -0.4 is 11.1 Å². The molecule has 1 fully saturated rings. The fraction of sp³-hybridized carbons (Fsp3) is 0.250. The second-order valence-corrected chi connectivity index (χ2v) is 11.3. The second kappa shape index (κ2) is 11.2. The number of rotatable bonds is 7. The Labute approximate surface area is 248 Å². The van der Waals surface area contributed by atoms with Crippen LogP contribution in [0.3, 0.4) is 0 Å². The van der Waals surface area contributed by atoms with Crippen molar-refractivity contribution >= 4 is 45.8 Å². The number of amides is 3. The lowest BCUT2D eigenvalue weighted by Gasteiger charge is -2.23. The Bertz CT molecular complexity index is 1880. The monoisotopic (exact) mass is 600 g/mol. The third-order valence-electron chi connectivity index (χ3n) is 7.02. The van der Waals surface area contributed by atoms with Crippen LogP contribution in [0.15, 0.2) is 48.9 Å². The highest BCUT2D eigenvalue weighted by Crippen LogP contribution is 2.29. The zero-order valence-electron chi connectivity index (χ0n) is 23.1. The molecule has 4 aromatic heterocycles. The summed E-state index contributed by atoms with van der Waals surface area (Å²) in [6.45, 7) is 2.98. The minimum atomic E-state index is -1.39. The van der Waals surface area contributed by atoms with Crippen LogP contribution in [0.4, 0.5) is 10.2 Å². The smallest absolute Gasteiger partial charge is 0.269 e. The number of halogens is 1. The highest BCUT2D eigenvalue weighted by atomic mass is 32.1. The molecule has 13 nitrogen and oxygen atoms in total. The molecule has 5 heterocycles. The van der Waals surface area contributed by atoms with E-state index in [0.717, 1.165) is 21.0 Å². The molecule has 218 valence electrons. The Morgan fingerprint density at radius 1 is 1.09 bits per heavy atom. The number of nitrogens with one attached hydrogen (secondary N) is 1. The van der Waals surface area contributed by atoms with Crippen molar-refractivity contribution < 1.29 is 18.8 Å². The normalized spacial score (nSPS) is 16.5. The third-order valence-corrected chi connectivity index (χ3v) is 7.96. The van der Waals surface area contributed by atoms with Crippen molar-refractivity contribution in [1.82, 2.24) is 39.8 Å². The molecule has 2 atom stereocenters. The van der Waals surface area contributed by atoms with Gasteiger partial charge in [-0.05, 0) is 37.6 Å². The maximum Gasteiger partial charge on any atom is 0.269 e. The number of carbonyl (C=O) groups is 3. The number of anilines is 1. The molecule has 0 saturated carbocycles. The number of hydrogen-bond donors (Lipinski definition) is 2. The van der Waals surface area contributed by atoms with Gasteiger partial charge >= 0.3 is 0 Å². The number of hydrogen-bond acceptors (Lipinski definition) is 10. The summed E-state index contributed by atoms with van der Waals surface area (Å²) in [5, 5.41) is 16.0. The van der Waals surface area contributed by atoms with Crippen LogP contribution in [-0.4, -0.2) is 76.3 Å². The van der Waals surface area contributed by atoms with Gasteiger partial charge in [0.25, 0.3) is 5.91 Å². The lowest BCUT2D eigenvalue weighted by molar-refractivity contribution is -0.137. The molecule has 43 heavy (non-hydrogen) atoms. The van der Waals surface area contributed by atoms with Gasteiger partial charge in [0.2, 0.25) is 11.8 Å². The maximum atomic E-state index is 14.6. The first kappa shape index (κ1) is 28.0. The lowest BCUT2D eigenvalue weighted by atomic mass is 10.0. The van der Waals surface area contributed by atoms with Crippen LogP contribution in [0.1, 0.15) is 27.7 Å². The summed E-state index contributed by atoms with van der Waals surface area (Å²) in [4.78, 5) is 54.0. The Morgan fingerprint density at radius 3 is 2.65 bits per heavy atom. The molecule has 1 aliphatic rings. The first-order chi connectivity index (χ1) is 20.7. The van der Waals surface area contributed by atoms with Gasteiger partial charge in [-0.25, -0.2) is 19.3 Å². The number of aromatic nitrogens is 7. The van der Waals surface area contributed by atoms with Crippen molar-refractivity contribution in [2.45, 2.75) is 39.0 Å². The van der Waals surface area contributed by atoms with E-state index in [4.69, 9.17) is 5.73 Å². The van der Waals surface area contributed by atoms with Crippen molar-refractivity contribution in [3.63, 3.8) is 0 Å². The van der Waals surface area contributed by atoms with E-state index < -0.39 is 29.9 Å². The molecule has 1 saturated heterocycles. The minimum Gasteiger partial charge on any atom is -0.364 e. The summed E-state index contributed by atoms with van der Waals surface area (Å²) in [6.07, 6.45) is 3.25. The van der Waals surface area contributed by atoms with Crippen LogP contribution in [0.2, 0.25) is 0 Å². The number of fused-ring (bicyclic) bond motifs is 1. The molecule has 3 amide bonds. The molecule has 0 bridgehead atoms. The van der Waals surface area contributed by atoms with E-state index in [1.54, 1.807) is 55.8 Å². The molecule has 6 rings (SSSR count). The molecule has 0 spiro atoms. The Balaban J connectivity index is 1.24. The van der Waals surface area contributed by atoms with Gasteiger partial charge in [-0.15, -0.1) is 11.3 Å². The lowest BCUT2D eigenvalue weighted by Crippen LogP contribution is -2.44. The van der Waals surface area contributed by atoms with Crippen molar-refractivity contribution in [3.05, 3.63) is 65.4 Å². The molecule has 1 aliphatic heterocycles. The van der Waals surface area contributed by atoms with Crippen molar-refractivity contribution in [1.29, 1.82) is 0 Å². The number of carbonyl (C=O) groups excluding carboxylic acids is 3. The van der Waals surface area contributed by atoms with Gasteiger partial charge in [0.05, 0.1) is 40.0 Å². The van der Waals surface area contributed by atoms with Crippen LogP contribution in [-0.2, 0) is 16.1 Å². The van der Waals surface area contributed by atoms with Crippen LogP contribution in [0.25, 0.3) is 32.6 Å². The van der Waals surface area contributed by atoms with Gasteiger partial charge in [0, 0.05) is 29.6 Å². The van der Waals surface area contributed by atoms with E-state index in [0.29, 0.717) is 22.4 Å². The summed E-state index contributed by atoms with van der Waals surface area (Å²) in [5.41, 5.74) is 8.17. The molecule has 3 N–H and O–H groups in total. The van der Waals surface area contributed by atoms with Gasteiger partial charge < -0.3 is 16.0 Å². The van der Waals surface area contributed by atoms with Crippen LogP contribution in [0.5, 0.6) is 0 Å². The van der Waals surface area contributed by atoms with E-state index in [-0.39, 0.29) is 31.0 Å². The Hall–Kier alpha value is -5.18. The molecule has 5 aromatic rings. The number of benzene rings is 1. The van der Waals surface area contributed by atoms with Crippen LogP contribution in [0, 0.1) is 13.8 Å². The van der Waals surface area contributed by atoms with E-state index in [2.05, 4.69) is 35.6 Å². The molecule has 2 unspecified atom stereocenters. The Morgan fingerprint density at radius 2 is 1.93 bits per heavy atom. The molecule has 0 radical (unpaired) electrons. The van der Waals surface area contributed by atoms with E-state index in [1.165, 1.54) is 20.9 Å². The Kier molecular flexibility index (Phi) is 7.31. The molecular weight excluding hydrogens is 575 g/mol. The van der Waals surface area contributed by atoms with Gasteiger partial charge in [0.15, 0.2) is 5.69 Å². The van der Waals surface area contributed by atoms with Crippen LogP contribution >= 0.6 is 11.3 Å². The number of nitrogens with zero attached hydrogens (tertiary/aromatic N) is 8.